The van der Waals surface area contributed by atoms with Gasteiger partial charge in [0.1, 0.15) is 5.69 Å². The minimum Gasteiger partial charge on any atom is -0.275 e. The molecule has 1 aliphatic carbocycles. The second-order valence-corrected chi connectivity index (χ2v) is 5.23. The first-order valence-electron chi connectivity index (χ1n) is 6.59. The van der Waals surface area contributed by atoms with Crippen LogP contribution in [-0.4, -0.2) is 26.5 Å². The van der Waals surface area contributed by atoms with Gasteiger partial charge < -0.3 is 0 Å². The molecule has 2 atom stereocenters. The molecular formula is C14H12F3N3O2. The molecule has 1 aromatic heterocycles. The van der Waals surface area contributed by atoms with Crippen LogP contribution in [0.3, 0.4) is 0 Å². The van der Waals surface area contributed by atoms with E-state index in [1.165, 1.54) is 7.05 Å². The zero-order chi connectivity index (χ0) is 16.1. The van der Waals surface area contributed by atoms with E-state index in [1.807, 2.05) is 0 Å². The molecule has 5 nitrogen and oxygen atoms in total. The fourth-order valence-electron chi connectivity index (χ4n) is 2.73. The average Bonchev–Trinajstić information content (AvgIpc) is 2.93. The average molecular weight is 311 g/mol. The number of fused-ring (bicyclic) bond motifs is 1. The molecule has 1 aromatic rings. The van der Waals surface area contributed by atoms with E-state index >= 15 is 0 Å². The van der Waals surface area contributed by atoms with Gasteiger partial charge in [0.15, 0.2) is 0 Å². The number of carbonyl (C=O) groups excluding carboxylic acids is 2. The third-order valence-corrected chi connectivity index (χ3v) is 3.78. The first-order chi connectivity index (χ1) is 10.3. The van der Waals surface area contributed by atoms with Crippen LogP contribution < -0.4 is 0 Å². The largest absolute Gasteiger partial charge is 0.433 e. The molecule has 22 heavy (non-hydrogen) atoms. The number of rotatable bonds is 2. The van der Waals surface area contributed by atoms with Crippen LogP contribution >= 0.6 is 0 Å². The second kappa shape index (κ2) is 4.82. The molecule has 2 heterocycles. The van der Waals surface area contributed by atoms with Crippen LogP contribution in [-0.2, 0) is 29.4 Å². The third kappa shape index (κ3) is 2.24. The molecule has 0 bridgehead atoms. The monoisotopic (exact) mass is 311 g/mol. The highest BCUT2D eigenvalue weighted by Gasteiger charge is 2.46. The van der Waals surface area contributed by atoms with Gasteiger partial charge in [0.05, 0.1) is 24.1 Å². The van der Waals surface area contributed by atoms with E-state index in [0.29, 0.717) is 4.68 Å². The van der Waals surface area contributed by atoms with E-state index in [1.54, 1.807) is 24.3 Å². The Hall–Kier alpha value is -2.38. The first-order valence-corrected chi connectivity index (χ1v) is 6.59. The van der Waals surface area contributed by atoms with E-state index < -0.39 is 35.5 Å². The Kier molecular flexibility index (Phi) is 3.19. The van der Waals surface area contributed by atoms with Gasteiger partial charge in [-0.3, -0.25) is 19.2 Å². The van der Waals surface area contributed by atoms with Crippen molar-refractivity contribution in [2.24, 2.45) is 18.9 Å². The van der Waals surface area contributed by atoms with E-state index in [4.69, 9.17) is 0 Å². The Labute approximate surface area is 123 Å². The van der Waals surface area contributed by atoms with Crippen molar-refractivity contribution in [3.8, 4) is 0 Å². The van der Waals surface area contributed by atoms with E-state index in [2.05, 4.69) is 5.10 Å². The van der Waals surface area contributed by atoms with Crippen LogP contribution in [0.25, 0.3) is 0 Å². The van der Waals surface area contributed by atoms with Crippen LogP contribution in [0.4, 0.5) is 13.2 Å². The molecule has 0 saturated carbocycles. The van der Waals surface area contributed by atoms with E-state index in [0.717, 1.165) is 11.0 Å². The first kappa shape index (κ1) is 14.6. The number of aryl methyl sites for hydroxylation is 1. The van der Waals surface area contributed by atoms with Gasteiger partial charge in [-0.05, 0) is 6.07 Å². The maximum atomic E-state index is 12.7. The Morgan fingerprint density at radius 2 is 1.68 bits per heavy atom. The molecule has 0 N–H and O–H groups in total. The van der Waals surface area contributed by atoms with Gasteiger partial charge in [0.2, 0.25) is 11.8 Å². The molecule has 2 amide bonds. The standard InChI is InChI=1S/C14H12F3N3O2/c1-19-11(14(15,16)17)6-8(18-19)7-20-12(21)9-4-2-3-5-10(9)13(20)22/h2-6,9-10H,7H2,1H3. The summed E-state index contributed by atoms with van der Waals surface area (Å²) in [6.07, 6.45) is 2.09. The highest BCUT2D eigenvalue weighted by atomic mass is 19.4. The molecular weight excluding hydrogens is 299 g/mol. The summed E-state index contributed by atoms with van der Waals surface area (Å²) < 4.78 is 38.9. The number of halogens is 3. The number of aromatic nitrogens is 2. The van der Waals surface area contributed by atoms with Gasteiger partial charge >= 0.3 is 6.18 Å². The molecule has 2 aliphatic rings. The molecule has 1 aliphatic heterocycles. The highest BCUT2D eigenvalue weighted by Crippen LogP contribution is 2.33. The number of hydrogen-bond acceptors (Lipinski definition) is 3. The summed E-state index contributed by atoms with van der Waals surface area (Å²) in [4.78, 5) is 25.4. The maximum Gasteiger partial charge on any atom is 0.433 e. The molecule has 2 unspecified atom stereocenters. The van der Waals surface area contributed by atoms with E-state index in [9.17, 15) is 22.8 Å². The van der Waals surface area contributed by atoms with Gasteiger partial charge in [-0.1, -0.05) is 24.3 Å². The van der Waals surface area contributed by atoms with Crippen molar-refractivity contribution in [2.75, 3.05) is 0 Å². The van der Waals surface area contributed by atoms with Crippen molar-refractivity contribution in [1.29, 1.82) is 0 Å². The molecule has 1 fully saturated rings. The van der Waals surface area contributed by atoms with E-state index in [-0.39, 0.29) is 12.2 Å². The zero-order valence-corrected chi connectivity index (χ0v) is 11.5. The Bertz CT molecular complexity index is 673. The zero-order valence-electron chi connectivity index (χ0n) is 11.5. The fourth-order valence-corrected chi connectivity index (χ4v) is 2.73. The summed E-state index contributed by atoms with van der Waals surface area (Å²) in [7, 11) is 1.17. The third-order valence-electron chi connectivity index (χ3n) is 3.78. The van der Waals surface area contributed by atoms with Crippen molar-refractivity contribution in [3.63, 3.8) is 0 Å². The van der Waals surface area contributed by atoms with Gasteiger partial charge in [-0.2, -0.15) is 18.3 Å². The Morgan fingerprint density at radius 1 is 1.14 bits per heavy atom. The molecule has 0 aromatic carbocycles. The molecule has 1 saturated heterocycles. The van der Waals surface area contributed by atoms with Crippen molar-refractivity contribution >= 4 is 11.8 Å². The van der Waals surface area contributed by atoms with Gasteiger partial charge in [-0.15, -0.1) is 0 Å². The number of carbonyl (C=O) groups is 2. The summed E-state index contributed by atoms with van der Waals surface area (Å²) >= 11 is 0. The molecule has 0 radical (unpaired) electrons. The topological polar surface area (TPSA) is 55.2 Å². The molecule has 116 valence electrons. The number of likely N-dealkylation sites (tertiary alicyclic amines) is 1. The molecule has 3 rings (SSSR count). The number of alkyl halides is 3. The molecule has 8 heteroatoms. The predicted molar refractivity (Wildman–Crippen MR) is 69.0 cm³/mol. The lowest BCUT2D eigenvalue weighted by Gasteiger charge is -2.12. The minimum absolute atomic E-state index is 0.0307. The SMILES string of the molecule is Cn1nc(CN2C(=O)C3C=CC=CC3C2=O)cc1C(F)(F)F. The van der Waals surface area contributed by atoms with Crippen LogP contribution in [0.2, 0.25) is 0 Å². The summed E-state index contributed by atoms with van der Waals surface area (Å²) in [5, 5.41) is 3.74. The lowest BCUT2D eigenvalue weighted by molar-refractivity contribution is -0.143. The number of hydrogen-bond donors (Lipinski definition) is 0. The van der Waals surface area contributed by atoms with Crippen LogP contribution in [0.15, 0.2) is 30.4 Å². The smallest absolute Gasteiger partial charge is 0.275 e. The highest BCUT2D eigenvalue weighted by molar-refractivity contribution is 6.07. The normalized spacial score (nSPS) is 24.3. The quantitative estimate of drug-likeness (QED) is 0.781. The summed E-state index contributed by atoms with van der Waals surface area (Å²) in [6.45, 7) is -0.254. The minimum atomic E-state index is -4.53. The van der Waals surface area contributed by atoms with Crippen LogP contribution in [0, 0.1) is 11.8 Å². The van der Waals surface area contributed by atoms with Crippen molar-refractivity contribution in [1.82, 2.24) is 14.7 Å². The second-order valence-electron chi connectivity index (χ2n) is 5.23. The lowest BCUT2D eigenvalue weighted by Crippen LogP contribution is -2.30. The lowest BCUT2D eigenvalue weighted by atomic mass is 9.91. The van der Waals surface area contributed by atoms with Crippen LogP contribution in [0.5, 0.6) is 0 Å². The van der Waals surface area contributed by atoms with Crippen molar-refractivity contribution < 1.29 is 22.8 Å². The van der Waals surface area contributed by atoms with Gasteiger partial charge in [0, 0.05) is 7.05 Å². The molecule has 0 spiro atoms. The fraction of sp³-hybridized carbons (Fsp3) is 0.357. The maximum absolute atomic E-state index is 12.7. The van der Waals surface area contributed by atoms with Crippen molar-refractivity contribution in [3.05, 3.63) is 41.8 Å². The number of amides is 2. The number of nitrogens with zero attached hydrogens (tertiary/aromatic N) is 3. The predicted octanol–water partition coefficient (Wildman–Crippen LogP) is 1.67. The Morgan fingerprint density at radius 3 is 2.14 bits per heavy atom. The van der Waals surface area contributed by atoms with Gasteiger partial charge in [0.25, 0.3) is 0 Å². The van der Waals surface area contributed by atoms with Gasteiger partial charge in [-0.25, -0.2) is 0 Å². The summed E-state index contributed by atoms with van der Waals surface area (Å²) in [5.74, 6) is -1.95. The summed E-state index contributed by atoms with van der Waals surface area (Å²) in [5.41, 5.74) is -0.887. The number of allylic oxidation sites excluding steroid dienone is 2. The number of imide groups is 1. The van der Waals surface area contributed by atoms with Crippen LogP contribution in [0.1, 0.15) is 11.4 Å². The Balaban J connectivity index is 1.85. The summed E-state index contributed by atoms with van der Waals surface area (Å²) in [6, 6.07) is 0.855. The van der Waals surface area contributed by atoms with Crippen molar-refractivity contribution in [2.45, 2.75) is 12.7 Å².